The predicted octanol–water partition coefficient (Wildman–Crippen LogP) is 2.70. The second-order valence-electron chi connectivity index (χ2n) is 4.52. The van der Waals surface area contributed by atoms with E-state index in [9.17, 15) is 8.42 Å². The number of hydrogen-bond acceptors (Lipinski definition) is 4. The molecule has 0 aliphatic heterocycles. The molecule has 6 nitrogen and oxygen atoms in total. The molecule has 9 heteroatoms. The molecule has 21 heavy (non-hydrogen) atoms. The molecule has 0 amide bonds. The van der Waals surface area contributed by atoms with Crippen LogP contribution in [0.3, 0.4) is 0 Å². The smallest absolute Gasteiger partial charge is 0.265 e. The summed E-state index contributed by atoms with van der Waals surface area (Å²) >= 11 is 9.35. The molecule has 2 aromatic rings. The van der Waals surface area contributed by atoms with E-state index >= 15 is 0 Å². The number of rotatable bonds is 4. The summed E-state index contributed by atoms with van der Waals surface area (Å²) in [5, 5.41) is 6.99. The van der Waals surface area contributed by atoms with Gasteiger partial charge in [-0.2, -0.15) is 5.10 Å². The Kier molecular flexibility index (Phi) is 4.62. The number of nitrogens with two attached hydrogens (primary N) is 1. The third-order valence-corrected chi connectivity index (χ3v) is 5.55. The van der Waals surface area contributed by atoms with Crippen LogP contribution in [0.4, 0.5) is 5.69 Å². The molecule has 0 radical (unpaired) electrons. The van der Waals surface area contributed by atoms with Crippen molar-refractivity contribution < 1.29 is 8.42 Å². The molecule has 1 aromatic carbocycles. The van der Waals surface area contributed by atoms with Gasteiger partial charge < -0.3 is 5.73 Å². The van der Waals surface area contributed by atoms with Crippen molar-refractivity contribution in [2.24, 2.45) is 5.73 Å². The highest BCUT2D eigenvalue weighted by Crippen LogP contribution is 2.31. The lowest BCUT2D eigenvalue weighted by Gasteiger charge is -2.12. The molecule has 2 rings (SSSR count). The van der Waals surface area contributed by atoms with Gasteiger partial charge in [-0.3, -0.25) is 9.82 Å². The zero-order valence-electron chi connectivity index (χ0n) is 11.4. The Bertz CT molecular complexity index is 789. The van der Waals surface area contributed by atoms with Gasteiger partial charge in [-0.1, -0.05) is 11.6 Å². The summed E-state index contributed by atoms with van der Waals surface area (Å²) in [5.74, 6) is 0. The lowest BCUT2D eigenvalue weighted by molar-refractivity contribution is 0.599. The Morgan fingerprint density at radius 2 is 2.10 bits per heavy atom. The fourth-order valence-electron chi connectivity index (χ4n) is 1.88. The Labute approximate surface area is 136 Å². The third kappa shape index (κ3) is 3.23. The van der Waals surface area contributed by atoms with Crippen LogP contribution >= 0.6 is 27.5 Å². The first kappa shape index (κ1) is 16.3. The minimum atomic E-state index is -3.81. The van der Waals surface area contributed by atoms with Crippen LogP contribution in [-0.4, -0.2) is 18.6 Å². The molecule has 0 atom stereocenters. The summed E-state index contributed by atoms with van der Waals surface area (Å²) in [6.07, 6.45) is 0. The van der Waals surface area contributed by atoms with Crippen molar-refractivity contribution in [1.29, 1.82) is 0 Å². The van der Waals surface area contributed by atoms with E-state index in [1.165, 1.54) is 0 Å². The van der Waals surface area contributed by atoms with E-state index in [1.54, 1.807) is 19.1 Å². The first-order valence-electron chi connectivity index (χ1n) is 5.98. The molecule has 0 unspecified atom stereocenters. The number of benzene rings is 1. The lowest BCUT2D eigenvalue weighted by Crippen LogP contribution is -2.16. The van der Waals surface area contributed by atoms with Crippen molar-refractivity contribution in [3.63, 3.8) is 0 Å². The van der Waals surface area contributed by atoms with Gasteiger partial charge in [-0.05, 0) is 47.5 Å². The topological polar surface area (TPSA) is 101 Å². The van der Waals surface area contributed by atoms with Crippen molar-refractivity contribution in [2.75, 3.05) is 4.72 Å². The van der Waals surface area contributed by atoms with Gasteiger partial charge in [-0.15, -0.1) is 0 Å². The molecule has 0 fully saturated rings. The fraction of sp³-hybridized carbons (Fsp3) is 0.250. The van der Waals surface area contributed by atoms with Gasteiger partial charge >= 0.3 is 0 Å². The summed E-state index contributed by atoms with van der Waals surface area (Å²) in [5.41, 5.74) is 7.43. The molecule has 0 aliphatic carbocycles. The minimum absolute atomic E-state index is 0.0242. The molecular weight excluding hydrogens is 380 g/mol. The molecule has 0 bridgehead atoms. The Balaban J connectivity index is 2.47. The van der Waals surface area contributed by atoms with Gasteiger partial charge in [0, 0.05) is 16.0 Å². The van der Waals surface area contributed by atoms with E-state index in [4.69, 9.17) is 17.3 Å². The number of anilines is 1. The van der Waals surface area contributed by atoms with Crippen LogP contribution in [0.5, 0.6) is 0 Å². The molecule has 1 aromatic heterocycles. The number of sulfonamides is 1. The summed E-state index contributed by atoms with van der Waals surface area (Å²) < 4.78 is 28.1. The average Bonchev–Trinajstić information content (AvgIpc) is 2.77. The van der Waals surface area contributed by atoms with Crippen LogP contribution in [-0.2, 0) is 16.6 Å². The normalized spacial score (nSPS) is 11.7. The van der Waals surface area contributed by atoms with E-state index in [-0.39, 0.29) is 17.1 Å². The molecule has 0 saturated heterocycles. The SMILES string of the molecule is Cc1cc(Br)c(NS(=O)(=O)c2c(CN)n[nH]c2C)cc1Cl. The third-order valence-electron chi connectivity index (χ3n) is 2.92. The quantitative estimate of drug-likeness (QED) is 0.743. The largest absolute Gasteiger partial charge is 0.325 e. The molecule has 1 heterocycles. The van der Waals surface area contributed by atoms with Crippen LogP contribution < -0.4 is 10.5 Å². The number of H-pyrrole nitrogens is 1. The van der Waals surface area contributed by atoms with Crippen molar-refractivity contribution in [1.82, 2.24) is 10.2 Å². The summed E-state index contributed by atoms with van der Waals surface area (Å²) in [6.45, 7) is 3.48. The van der Waals surface area contributed by atoms with Crippen LogP contribution in [0.1, 0.15) is 17.0 Å². The minimum Gasteiger partial charge on any atom is -0.325 e. The molecule has 0 spiro atoms. The number of hydrogen-bond donors (Lipinski definition) is 3. The highest BCUT2D eigenvalue weighted by Gasteiger charge is 2.24. The average molecular weight is 394 g/mol. The maximum atomic E-state index is 12.5. The first-order chi connectivity index (χ1) is 9.76. The molecular formula is C12H14BrClN4O2S. The van der Waals surface area contributed by atoms with Crippen LogP contribution in [0.25, 0.3) is 0 Å². The number of aromatic nitrogens is 2. The van der Waals surface area contributed by atoms with Crippen LogP contribution in [0, 0.1) is 13.8 Å². The van der Waals surface area contributed by atoms with Gasteiger partial charge in [0.2, 0.25) is 0 Å². The maximum Gasteiger partial charge on any atom is 0.265 e. The predicted molar refractivity (Wildman–Crippen MR) is 85.9 cm³/mol. The van der Waals surface area contributed by atoms with Crippen molar-refractivity contribution >= 4 is 43.2 Å². The fourth-order valence-corrected chi connectivity index (χ4v) is 4.18. The van der Waals surface area contributed by atoms with Crippen molar-refractivity contribution in [3.8, 4) is 0 Å². The number of aromatic amines is 1. The van der Waals surface area contributed by atoms with Crippen molar-refractivity contribution in [2.45, 2.75) is 25.3 Å². The van der Waals surface area contributed by atoms with Crippen molar-refractivity contribution in [3.05, 3.63) is 38.6 Å². The number of nitrogens with one attached hydrogen (secondary N) is 2. The Hall–Kier alpha value is -1.09. The zero-order chi connectivity index (χ0) is 15.8. The first-order valence-corrected chi connectivity index (χ1v) is 8.64. The van der Waals surface area contributed by atoms with E-state index in [1.807, 2.05) is 6.92 Å². The second-order valence-corrected chi connectivity index (χ2v) is 7.40. The standard InChI is InChI=1S/C12H14BrClN4O2S/c1-6-3-8(13)10(4-9(6)14)18-21(19,20)12-7(2)16-17-11(12)5-15/h3-4,18H,5,15H2,1-2H3,(H,16,17). The molecule has 4 N–H and O–H groups in total. The van der Waals surface area contributed by atoms with Crippen LogP contribution in [0.15, 0.2) is 21.5 Å². The number of aryl methyl sites for hydroxylation is 2. The maximum absolute atomic E-state index is 12.5. The van der Waals surface area contributed by atoms with E-state index in [0.717, 1.165) is 5.56 Å². The number of halogens is 2. The summed E-state index contributed by atoms with van der Waals surface area (Å²) in [6, 6.07) is 3.29. The highest BCUT2D eigenvalue weighted by molar-refractivity contribution is 9.10. The van der Waals surface area contributed by atoms with E-state index in [2.05, 4.69) is 30.8 Å². The Morgan fingerprint density at radius 3 is 2.71 bits per heavy atom. The monoisotopic (exact) mass is 392 g/mol. The van der Waals surface area contributed by atoms with E-state index < -0.39 is 10.0 Å². The number of nitrogens with zero attached hydrogens (tertiary/aromatic N) is 1. The molecule has 0 aliphatic rings. The van der Waals surface area contributed by atoms with Gasteiger partial charge in [0.05, 0.1) is 17.1 Å². The van der Waals surface area contributed by atoms with E-state index in [0.29, 0.717) is 20.9 Å². The summed E-state index contributed by atoms with van der Waals surface area (Å²) in [4.78, 5) is 0.0635. The van der Waals surface area contributed by atoms with Crippen LogP contribution in [0.2, 0.25) is 5.02 Å². The molecule has 114 valence electrons. The highest BCUT2D eigenvalue weighted by atomic mass is 79.9. The zero-order valence-corrected chi connectivity index (χ0v) is 14.5. The Morgan fingerprint density at radius 1 is 1.43 bits per heavy atom. The van der Waals surface area contributed by atoms with Gasteiger partial charge in [0.15, 0.2) is 0 Å². The van der Waals surface area contributed by atoms with Gasteiger partial charge in [0.1, 0.15) is 4.90 Å². The van der Waals surface area contributed by atoms with Gasteiger partial charge in [-0.25, -0.2) is 8.42 Å². The lowest BCUT2D eigenvalue weighted by atomic mass is 10.2. The second kappa shape index (κ2) is 5.96. The summed E-state index contributed by atoms with van der Waals surface area (Å²) in [7, 11) is -3.81. The molecule has 0 saturated carbocycles. The van der Waals surface area contributed by atoms with Gasteiger partial charge in [0.25, 0.3) is 10.0 Å².